The van der Waals surface area contributed by atoms with Crippen LogP contribution in [0.4, 0.5) is 4.79 Å². The normalized spacial score (nSPS) is 32.5. The van der Waals surface area contributed by atoms with Gasteiger partial charge < -0.3 is 4.74 Å². The van der Waals surface area contributed by atoms with E-state index in [0.29, 0.717) is 0 Å². The molecule has 92 valence electrons. The monoisotopic (exact) mass is 260 g/mol. The van der Waals surface area contributed by atoms with Crippen LogP contribution >= 0.6 is 11.8 Å². The molecule has 2 atom stereocenters. The van der Waals surface area contributed by atoms with Crippen molar-refractivity contribution in [2.45, 2.75) is 17.4 Å². The Bertz CT molecular complexity index is 586. The summed E-state index contributed by atoms with van der Waals surface area (Å²) in [7, 11) is 1.79. The molecule has 0 N–H and O–H groups in total. The molecule has 1 aromatic rings. The summed E-state index contributed by atoms with van der Waals surface area (Å²) in [5, 5.41) is 0.148. The highest BCUT2D eigenvalue weighted by molar-refractivity contribution is 8.01. The Morgan fingerprint density at radius 3 is 3.22 bits per heavy atom. The van der Waals surface area contributed by atoms with E-state index in [0.717, 1.165) is 29.2 Å². The zero-order valence-electron chi connectivity index (χ0n) is 9.92. The van der Waals surface area contributed by atoms with Gasteiger partial charge >= 0.3 is 6.03 Å². The van der Waals surface area contributed by atoms with Crippen LogP contribution in [0.2, 0.25) is 0 Å². The van der Waals surface area contributed by atoms with E-state index in [-0.39, 0.29) is 11.3 Å². The molecule has 3 aliphatic rings. The van der Waals surface area contributed by atoms with Crippen LogP contribution in [0, 0.1) is 0 Å². The summed E-state index contributed by atoms with van der Waals surface area (Å²) in [6, 6.07) is 7.65. The summed E-state index contributed by atoms with van der Waals surface area (Å²) in [6.45, 7) is 0. The number of aliphatic imine (C=N–C) groups is 1. The van der Waals surface area contributed by atoms with E-state index in [1.54, 1.807) is 11.9 Å². The molecule has 4 nitrogen and oxygen atoms in total. The van der Waals surface area contributed by atoms with E-state index in [1.165, 1.54) is 0 Å². The lowest BCUT2D eigenvalue weighted by Gasteiger charge is -2.47. The topological polar surface area (TPSA) is 41.9 Å². The van der Waals surface area contributed by atoms with Gasteiger partial charge in [0.25, 0.3) is 0 Å². The highest BCUT2D eigenvalue weighted by Gasteiger charge is 2.58. The Labute approximate surface area is 109 Å². The molecule has 0 aliphatic carbocycles. The number of hydrogen-bond donors (Lipinski definition) is 0. The van der Waals surface area contributed by atoms with Crippen LogP contribution in [0.1, 0.15) is 12.0 Å². The van der Waals surface area contributed by atoms with Crippen molar-refractivity contribution < 1.29 is 9.53 Å². The summed E-state index contributed by atoms with van der Waals surface area (Å²) in [5.74, 6) is 1.84. The minimum absolute atomic E-state index is 0.148. The standard InChI is InChI=1S/C13H12N2O2S/c1-15-12(16)14-10-8-4-2-3-5-9(8)17-13(15)6-7-18-11(10)13/h2-5,11H,6-7H2,1H3. The van der Waals surface area contributed by atoms with Gasteiger partial charge in [-0.1, -0.05) is 12.1 Å². The fourth-order valence-corrected chi connectivity index (χ4v) is 4.52. The number of para-hydroxylation sites is 1. The molecule has 4 rings (SSSR count). The van der Waals surface area contributed by atoms with Gasteiger partial charge in [0.2, 0.25) is 5.72 Å². The minimum Gasteiger partial charge on any atom is -0.465 e. The molecule has 0 saturated carbocycles. The first-order valence-corrected chi connectivity index (χ1v) is 7.04. The molecule has 3 heterocycles. The molecular weight excluding hydrogens is 248 g/mol. The first-order valence-electron chi connectivity index (χ1n) is 5.99. The summed E-state index contributed by atoms with van der Waals surface area (Å²) in [5.41, 5.74) is 1.34. The lowest BCUT2D eigenvalue weighted by atomic mass is 9.91. The van der Waals surface area contributed by atoms with Crippen molar-refractivity contribution in [2.24, 2.45) is 4.99 Å². The number of urea groups is 1. The third kappa shape index (κ3) is 1.08. The van der Waals surface area contributed by atoms with E-state index in [9.17, 15) is 4.79 Å². The third-order valence-electron chi connectivity index (χ3n) is 3.92. The van der Waals surface area contributed by atoms with Gasteiger partial charge in [0.1, 0.15) is 11.0 Å². The maximum Gasteiger partial charge on any atom is 0.346 e. The van der Waals surface area contributed by atoms with E-state index in [1.807, 2.05) is 36.0 Å². The van der Waals surface area contributed by atoms with Crippen LogP contribution < -0.4 is 4.74 Å². The molecule has 2 amide bonds. The number of hydrogen-bond acceptors (Lipinski definition) is 3. The number of amides is 2. The molecule has 0 spiro atoms. The average Bonchev–Trinajstić information content (AvgIpc) is 2.81. The van der Waals surface area contributed by atoms with Gasteiger partial charge in [-0.2, -0.15) is 4.99 Å². The first-order chi connectivity index (χ1) is 8.72. The number of carbonyl (C=O) groups excluding carboxylic acids is 1. The molecule has 2 unspecified atom stereocenters. The second-order valence-corrected chi connectivity index (χ2v) is 6.00. The van der Waals surface area contributed by atoms with Crippen LogP contribution in [-0.2, 0) is 0 Å². The van der Waals surface area contributed by atoms with Crippen molar-refractivity contribution in [3.8, 4) is 5.75 Å². The van der Waals surface area contributed by atoms with Crippen LogP contribution in [0.5, 0.6) is 5.75 Å². The molecule has 1 saturated heterocycles. The average molecular weight is 260 g/mol. The van der Waals surface area contributed by atoms with Gasteiger partial charge in [-0.15, -0.1) is 11.8 Å². The third-order valence-corrected chi connectivity index (χ3v) is 5.29. The molecule has 3 aliphatic heterocycles. The van der Waals surface area contributed by atoms with Gasteiger partial charge in [0.15, 0.2) is 0 Å². The van der Waals surface area contributed by atoms with Crippen molar-refractivity contribution in [2.75, 3.05) is 12.8 Å². The van der Waals surface area contributed by atoms with Crippen molar-refractivity contribution in [1.29, 1.82) is 0 Å². The zero-order chi connectivity index (χ0) is 12.3. The first kappa shape index (κ1) is 10.4. The molecule has 5 heteroatoms. The Kier molecular flexibility index (Phi) is 1.91. The minimum atomic E-state index is -0.521. The van der Waals surface area contributed by atoms with E-state index < -0.39 is 5.72 Å². The number of benzene rings is 1. The zero-order valence-corrected chi connectivity index (χ0v) is 10.7. The predicted octanol–water partition coefficient (Wildman–Crippen LogP) is 2.14. The fraction of sp³-hybridized carbons (Fsp3) is 0.385. The van der Waals surface area contributed by atoms with Crippen LogP contribution in [0.15, 0.2) is 29.3 Å². The molecule has 1 aromatic carbocycles. The number of fused-ring (bicyclic) bond motifs is 2. The molecule has 1 fully saturated rings. The molecular formula is C13H12N2O2S. The number of ether oxygens (including phenoxy) is 1. The van der Waals surface area contributed by atoms with Gasteiger partial charge in [-0.3, -0.25) is 4.90 Å². The second-order valence-electron chi connectivity index (χ2n) is 4.78. The second kappa shape index (κ2) is 3.29. The molecule has 0 radical (unpaired) electrons. The molecule has 0 aromatic heterocycles. The maximum atomic E-state index is 12.0. The summed E-state index contributed by atoms with van der Waals surface area (Å²) < 4.78 is 6.20. The Morgan fingerprint density at radius 1 is 1.50 bits per heavy atom. The van der Waals surface area contributed by atoms with Gasteiger partial charge in [-0.05, 0) is 17.9 Å². The number of carbonyl (C=O) groups is 1. The maximum absolute atomic E-state index is 12.0. The number of nitrogens with zero attached hydrogens (tertiary/aromatic N) is 2. The molecule has 18 heavy (non-hydrogen) atoms. The number of rotatable bonds is 0. The van der Waals surface area contributed by atoms with Crippen molar-refractivity contribution in [3.05, 3.63) is 29.8 Å². The summed E-state index contributed by atoms with van der Waals surface area (Å²) >= 11 is 1.83. The van der Waals surface area contributed by atoms with Crippen molar-refractivity contribution >= 4 is 23.5 Å². The van der Waals surface area contributed by atoms with Crippen LogP contribution in [0.25, 0.3) is 0 Å². The SMILES string of the molecule is CN1C(=O)N=C2c3ccccc3OC13CCSC23. The summed E-state index contributed by atoms with van der Waals surface area (Å²) in [4.78, 5) is 17.9. The lowest BCUT2D eigenvalue weighted by Crippen LogP contribution is -2.64. The van der Waals surface area contributed by atoms with Crippen molar-refractivity contribution in [3.63, 3.8) is 0 Å². The van der Waals surface area contributed by atoms with Gasteiger partial charge in [0.05, 0.1) is 5.71 Å². The Hall–Kier alpha value is -1.49. The highest BCUT2D eigenvalue weighted by Crippen LogP contribution is 2.49. The fourth-order valence-electron chi connectivity index (χ4n) is 2.95. The Morgan fingerprint density at radius 2 is 2.33 bits per heavy atom. The van der Waals surface area contributed by atoms with Gasteiger partial charge in [0, 0.05) is 19.0 Å². The van der Waals surface area contributed by atoms with E-state index in [4.69, 9.17) is 4.74 Å². The van der Waals surface area contributed by atoms with Gasteiger partial charge in [-0.25, -0.2) is 4.79 Å². The number of thioether (sulfide) groups is 1. The lowest BCUT2D eigenvalue weighted by molar-refractivity contribution is -0.0379. The molecule has 2 bridgehead atoms. The van der Waals surface area contributed by atoms with Crippen LogP contribution in [0.3, 0.4) is 0 Å². The predicted molar refractivity (Wildman–Crippen MR) is 70.4 cm³/mol. The van der Waals surface area contributed by atoms with Crippen molar-refractivity contribution in [1.82, 2.24) is 4.90 Å². The van der Waals surface area contributed by atoms with E-state index >= 15 is 0 Å². The Balaban J connectivity index is 2.01. The van der Waals surface area contributed by atoms with Crippen LogP contribution in [-0.4, -0.2) is 40.4 Å². The largest absolute Gasteiger partial charge is 0.465 e. The smallest absolute Gasteiger partial charge is 0.346 e. The highest BCUT2D eigenvalue weighted by atomic mass is 32.2. The van der Waals surface area contributed by atoms with E-state index in [2.05, 4.69) is 4.99 Å². The summed E-state index contributed by atoms with van der Waals surface area (Å²) in [6.07, 6.45) is 0.859. The quantitative estimate of drug-likeness (QED) is 0.717.